The van der Waals surface area contributed by atoms with Gasteiger partial charge in [-0.1, -0.05) is 11.6 Å². The lowest BCUT2D eigenvalue weighted by Gasteiger charge is -2.15. The fraction of sp³-hybridized carbons (Fsp3) is 0.357. The summed E-state index contributed by atoms with van der Waals surface area (Å²) in [7, 11) is 2.07. The van der Waals surface area contributed by atoms with Gasteiger partial charge in [-0.3, -0.25) is 0 Å². The van der Waals surface area contributed by atoms with Crippen LogP contribution in [0.2, 0.25) is 5.02 Å². The summed E-state index contributed by atoms with van der Waals surface area (Å²) in [4.78, 5) is 4.23. The molecular formula is C14H18ClN3. The lowest BCUT2D eigenvalue weighted by Crippen LogP contribution is -2.17. The second-order valence-electron chi connectivity index (χ2n) is 4.53. The Morgan fingerprint density at radius 1 is 1.39 bits per heavy atom. The lowest BCUT2D eigenvalue weighted by molar-refractivity contribution is 0.673. The Balaban J connectivity index is 1.88. The number of rotatable bonds is 5. The van der Waals surface area contributed by atoms with Crippen molar-refractivity contribution in [2.45, 2.75) is 25.8 Å². The normalized spacial score (nSPS) is 12.4. The van der Waals surface area contributed by atoms with E-state index in [1.165, 1.54) is 5.69 Å². The van der Waals surface area contributed by atoms with Crippen LogP contribution in [0.4, 0.5) is 5.82 Å². The first kappa shape index (κ1) is 13.0. The van der Waals surface area contributed by atoms with Crippen LogP contribution in [-0.2, 0) is 13.5 Å². The van der Waals surface area contributed by atoms with Crippen molar-refractivity contribution in [3.63, 3.8) is 0 Å². The van der Waals surface area contributed by atoms with Crippen molar-refractivity contribution >= 4 is 17.4 Å². The molecule has 0 saturated heterocycles. The highest BCUT2D eigenvalue weighted by atomic mass is 35.5. The van der Waals surface area contributed by atoms with Gasteiger partial charge in [0.2, 0.25) is 0 Å². The van der Waals surface area contributed by atoms with Crippen LogP contribution in [0.25, 0.3) is 0 Å². The molecule has 18 heavy (non-hydrogen) atoms. The Kier molecular flexibility index (Phi) is 4.26. The van der Waals surface area contributed by atoms with Gasteiger partial charge >= 0.3 is 0 Å². The van der Waals surface area contributed by atoms with Crippen LogP contribution in [0.5, 0.6) is 0 Å². The molecule has 2 heterocycles. The number of aromatic nitrogens is 2. The summed E-state index contributed by atoms with van der Waals surface area (Å²) in [5.41, 5.74) is 1.34. The van der Waals surface area contributed by atoms with E-state index in [1.54, 1.807) is 6.20 Å². The van der Waals surface area contributed by atoms with Gasteiger partial charge in [0, 0.05) is 31.2 Å². The molecule has 0 aliphatic carbocycles. The molecule has 0 aliphatic heterocycles. The van der Waals surface area contributed by atoms with Crippen molar-refractivity contribution in [1.29, 1.82) is 0 Å². The third-order valence-electron chi connectivity index (χ3n) is 3.03. The summed E-state index contributed by atoms with van der Waals surface area (Å²) >= 11 is 6.06. The molecule has 96 valence electrons. The highest BCUT2D eigenvalue weighted by Crippen LogP contribution is 2.19. The molecule has 1 atom stereocenters. The van der Waals surface area contributed by atoms with Gasteiger partial charge in [0.25, 0.3) is 0 Å². The topological polar surface area (TPSA) is 29.9 Å². The summed E-state index contributed by atoms with van der Waals surface area (Å²) in [6.07, 6.45) is 5.91. The summed E-state index contributed by atoms with van der Waals surface area (Å²) in [5, 5.41) is 4.01. The summed E-state index contributed by atoms with van der Waals surface area (Å²) in [5.74, 6) is 0.763. The maximum absolute atomic E-state index is 6.06. The maximum atomic E-state index is 6.06. The zero-order valence-electron chi connectivity index (χ0n) is 10.7. The van der Waals surface area contributed by atoms with E-state index in [0.29, 0.717) is 11.1 Å². The number of pyridine rings is 1. The second kappa shape index (κ2) is 5.91. The molecule has 1 unspecified atom stereocenters. The van der Waals surface area contributed by atoms with Crippen LogP contribution in [0.1, 0.15) is 19.0 Å². The van der Waals surface area contributed by atoms with Crippen LogP contribution < -0.4 is 5.32 Å². The van der Waals surface area contributed by atoms with Crippen LogP contribution in [-0.4, -0.2) is 15.6 Å². The van der Waals surface area contributed by atoms with Gasteiger partial charge < -0.3 is 9.88 Å². The molecule has 0 saturated carbocycles. The Morgan fingerprint density at radius 3 is 2.89 bits per heavy atom. The zero-order chi connectivity index (χ0) is 13.0. The largest absolute Gasteiger partial charge is 0.366 e. The van der Waals surface area contributed by atoms with Crippen molar-refractivity contribution < 1.29 is 0 Å². The van der Waals surface area contributed by atoms with Gasteiger partial charge in [-0.05, 0) is 44.0 Å². The van der Waals surface area contributed by atoms with Gasteiger partial charge in [-0.15, -0.1) is 0 Å². The molecule has 0 bridgehead atoms. The molecular weight excluding hydrogens is 246 g/mol. The third-order valence-corrected chi connectivity index (χ3v) is 3.33. The Bertz CT molecular complexity index is 507. The quantitative estimate of drug-likeness (QED) is 0.895. The zero-order valence-corrected chi connectivity index (χ0v) is 11.5. The third kappa shape index (κ3) is 3.26. The number of anilines is 1. The first-order valence-corrected chi connectivity index (χ1v) is 6.52. The van der Waals surface area contributed by atoms with Crippen molar-refractivity contribution in [2.75, 3.05) is 5.32 Å². The Hall–Kier alpha value is -1.48. The van der Waals surface area contributed by atoms with Crippen molar-refractivity contribution in [3.05, 3.63) is 47.4 Å². The monoisotopic (exact) mass is 263 g/mol. The minimum atomic E-state index is 0.340. The van der Waals surface area contributed by atoms with E-state index in [9.17, 15) is 0 Å². The molecule has 2 rings (SSSR count). The SMILES string of the molecule is CC(CCc1cccn1C)Nc1ncccc1Cl. The molecule has 0 aromatic carbocycles. The van der Waals surface area contributed by atoms with Gasteiger partial charge in [0.15, 0.2) is 0 Å². The van der Waals surface area contributed by atoms with E-state index in [-0.39, 0.29) is 0 Å². The molecule has 3 nitrogen and oxygen atoms in total. The fourth-order valence-electron chi connectivity index (χ4n) is 1.92. The van der Waals surface area contributed by atoms with Crippen LogP contribution >= 0.6 is 11.6 Å². The number of aryl methyl sites for hydroxylation is 2. The van der Waals surface area contributed by atoms with Crippen molar-refractivity contribution in [1.82, 2.24) is 9.55 Å². The van der Waals surface area contributed by atoms with Gasteiger partial charge in [0.1, 0.15) is 5.82 Å². The van der Waals surface area contributed by atoms with E-state index in [1.807, 2.05) is 12.1 Å². The van der Waals surface area contributed by atoms with Gasteiger partial charge in [0.05, 0.1) is 5.02 Å². The molecule has 4 heteroatoms. The summed E-state index contributed by atoms with van der Waals surface area (Å²) < 4.78 is 2.15. The van der Waals surface area contributed by atoms with E-state index < -0.39 is 0 Å². The van der Waals surface area contributed by atoms with Gasteiger partial charge in [-0.2, -0.15) is 0 Å². The highest BCUT2D eigenvalue weighted by Gasteiger charge is 2.07. The number of halogens is 1. The molecule has 0 spiro atoms. The molecule has 1 N–H and O–H groups in total. The van der Waals surface area contributed by atoms with Crippen LogP contribution in [0.15, 0.2) is 36.7 Å². The van der Waals surface area contributed by atoms with Crippen molar-refractivity contribution in [2.24, 2.45) is 7.05 Å². The van der Waals surface area contributed by atoms with Gasteiger partial charge in [-0.25, -0.2) is 4.98 Å². The fourth-order valence-corrected chi connectivity index (χ4v) is 2.09. The van der Waals surface area contributed by atoms with Crippen LogP contribution in [0.3, 0.4) is 0 Å². The number of nitrogens with one attached hydrogen (secondary N) is 1. The minimum absolute atomic E-state index is 0.340. The maximum Gasteiger partial charge on any atom is 0.144 e. The first-order valence-electron chi connectivity index (χ1n) is 6.14. The average molecular weight is 264 g/mol. The van der Waals surface area contributed by atoms with E-state index in [4.69, 9.17) is 11.6 Å². The predicted molar refractivity (Wildman–Crippen MR) is 76.1 cm³/mol. The molecule has 0 fully saturated rings. The van der Waals surface area contributed by atoms with E-state index in [2.05, 4.69) is 47.2 Å². The number of nitrogens with zero attached hydrogens (tertiary/aromatic N) is 2. The second-order valence-corrected chi connectivity index (χ2v) is 4.94. The van der Waals surface area contributed by atoms with E-state index >= 15 is 0 Å². The molecule has 0 radical (unpaired) electrons. The van der Waals surface area contributed by atoms with E-state index in [0.717, 1.165) is 18.7 Å². The summed E-state index contributed by atoms with van der Waals surface area (Å²) in [6, 6.07) is 8.25. The standard InChI is InChI=1S/C14H18ClN3/c1-11(7-8-12-5-4-10-18(12)2)17-14-13(15)6-3-9-16-14/h3-6,9-11H,7-8H2,1-2H3,(H,16,17). The molecule has 0 amide bonds. The van der Waals surface area contributed by atoms with Crippen LogP contribution in [0, 0.1) is 0 Å². The smallest absolute Gasteiger partial charge is 0.144 e. The molecule has 2 aromatic rings. The number of hydrogen-bond donors (Lipinski definition) is 1. The molecule has 0 aliphatic rings. The highest BCUT2D eigenvalue weighted by molar-refractivity contribution is 6.32. The Morgan fingerprint density at radius 2 is 2.22 bits per heavy atom. The molecule has 2 aromatic heterocycles. The summed E-state index contributed by atoms with van der Waals surface area (Å²) in [6.45, 7) is 2.15. The Labute approximate surface area is 113 Å². The van der Waals surface area contributed by atoms with Crippen molar-refractivity contribution in [3.8, 4) is 0 Å². The first-order chi connectivity index (χ1) is 8.66. The average Bonchev–Trinajstić information content (AvgIpc) is 2.75. The predicted octanol–water partition coefficient (Wildman–Crippen LogP) is 3.51. The lowest BCUT2D eigenvalue weighted by atomic mass is 10.1. The number of hydrogen-bond acceptors (Lipinski definition) is 2. The minimum Gasteiger partial charge on any atom is -0.366 e.